The van der Waals surface area contributed by atoms with E-state index < -0.39 is 16.2 Å². The molecular weight excluding hydrogens is 162 g/mol. The molecule has 1 N–H and O–H groups in total. The number of hydrogen-bond acceptors (Lipinski definition) is 2. The summed E-state index contributed by atoms with van der Waals surface area (Å²) in [6.07, 6.45) is 0. The minimum Gasteiger partial charge on any atom is -0.355 e. The molecule has 1 aliphatic rings. The molecule has 0 aliphatic carbocycles. The van der Waals surface area contributed by atoms with E-state index in [2.05, 4.69) is 5.32 Å². The monoisotopic (exact) mass is 175 g/mol. The van der Waals surface area contributed by atoms with Gasteiger partial charge >= 0.3 is 0 Å². The molecule has 1 aliphatic heterocycles. The Morgan fingerprint density at radius 3 is 2.82 bits per heavy atom. The van der Waals surface area contributed by atoms with Crippen LogP contribution in [0, 0.1) is 5.41 Å². The van der Waals surface area contributed by atoms with Gasteiger partial charge in [-0.2, -0.15) is 0 Å². The van der Waals surface area contributed by atoms with Crippen molar-refractivity contribution < 1.29 is 9.00 Å². The molecule has 1 fully saturated rings. The fourth-order valence-corrected chi connectivity index (χ4v) is 2.47. The second-order valence-electron chi connectivity index (χ2n) is 3.43. The molecule has 1 amide bonds. The lowest BCUT2D eigenvalue weighted by atomic mass is 9.95. The lowest BCUT2D eigenvalue weighted by molar-refractivity contribution is -0.127. The third-order valence-corrected chi connectivity index (χ3v) is 3.45. The Bertz CT molecular complexity index is 201. The van der Waals surface area contributed by atoms with Crippen LogP contribution in [-0.2, 0) is 15.6 Å². The lowest BCUT2D eigenvalue weighted by Gasteiger charge is -2.18. The van der Waals surface area contributed by atoms with E-state index in [-0.39, 0.29) is 5.91 Å². The number of carbonyl (C=O) groups excluding carboxylic acids is 1. The van der Waals surface area contributed by atoms with E-state index in [1.807, 2.05) is 13.8 Å². The van der Waals surface area contributed by atoms with Crippen LogP contribution < -0.4 is 5.32 Å². The maximum Gasteiger partial charge on any atom is 0.226 e. The Labute approximate surface area is 69.0 Å². The van der Waals surface area contributed by atoms with Gasteiger partial charge < -0.3 is 5.32 Å². The third-order valence-electron chi connectivity index (χ3n) is 1.75. The standard InChI is InChI=1S/C7H13NO2S/c1-7(2)5-11(10)4-3-8-6(7)9/h3-5H2,1-2H3,(H,8,9). The maximum absolute atomic E-state index is 11.2. The Kier molecular flexibility index (Phi) is 2.32. The molecule has 1 atom stereocenters. The van der Waals surface area contributed by atoms with Crippen LogP contribution in [-0.4, -0.2) is 28.2 Å². The van der Waals surface area contributed by atoms with Crippen molar-refractivity contribution in [1.82, 2.24) is 5.32 Å². The second kappa shape index (κ2) is 2.93. The van der Waals surface area contributed by atoms with Crippen molar-refractivity contribution in [2.45, 2.75) is 13.8 Å². The summed E-state index contributed by atoms with van der Waals surface area (Å²) in [6, 6.07) is 0. The summed E-state index contributed by atoms with van der Waals surface area (Å²) in [6.45, 7) is 4.20. The molecule has 0 aromatic heterocycles. The van der Waals surface area contributed by atoms with Crippen LogP contribution in [0.4, 0.5) is 0 Å². The first-order valence-corrected chi connectivity index (χ1v) is 5.14. The van der Waals surface area contributed by atoms with Gasteiger partial charge in [0.1, 0.15) is 0 Å². The van der Waals surface area contributed by atoms with Crippen LogP contribution >= 0.6 is 0 Å². The molecule has 1 saturated heterocycles. The van der Waals surface area contributed by atoms with Gasteiger partial charge in [0.2, 0.25) is 5.91 Å². The van der Waals surface area contributed by atoms with Crippen LogP contribution in [0.15, 0.2) is 0 Å². The zero-order chi connectivity index (χ0) is 8.48. The van der Waals surface area contributed by atoms with Gasteiger partial charge in [0, 0.05) is 28.9 Å². The van der Waals surface area contributed by atoms with Crippen molar-refractivity contribution in [3.8, 4) is 0 Å². The highest BCUT2D eigenvalue weighted by atomic mass is 32.2. The predicted molar refractivity (Wildman–Crippen MR) is 44.7 cm³/mol. The van der Waals surface area contributed by atoms with Gasteiger partial charge in [-0.25, -0.2) is 0 Å². The normalized spacial score (nSPS) is 30.7. The first-order valence-electron chi connectivity index (χ1n) is 3.66. The molecular formula is C7H13NO2S. The second-order valence-corrected chi connectivity index (χ2v) is 5.00. The van der Waals surface area contributed by atoms with Crippen LogP contribution in [0.1, 0.15) is 13.8 Å². The van der Waals surface area contributed by atoms with E-state index in [1.165, 1.54) is 0 Å². The first kappa shape index (κ1) is 8.71. The van der Waals surface area contributed by atoms with Gasteiger partial charge in [-0.15, -0.1) is 0 Å². The molecule has 0 aromatic carbocycles. The van der Waals surface area contributed by atoms with E-state index >= 15 is 0 Å². The minimum atomic E-state index is -0.831. The van der Waals surface area contributed by atoms with Crippen molar-refractivity contribution in [3.05, 3.63) is 0 Å². The van der Waals surface area contributed by atoms with Crippen molar-refractivity contribution in [1.29, 1.82) is 0 Å². The topological polar surface area (TPSA) is 46.2 Å². The minimum absolute atomic E-state index is 0.0170. The molecule has 0 spiro atoms. The Hall–Kier alpha value is -0.380. The SMILES string of the molecule is CC1(C)CS(=O)CCNC1=O. The zero-order valence-corrected chi connectivity index (χ0v) is 7.66. The first-order chi connectivity index (χ1) is 5.02. The van der Waals surface area contributed by atoms with Crippen LogP contribution in [0.2, 0.25) is 0 Å². The number of amides is 1. The smallest absolute Gasteiger partial charge is 0.226 e. The third kappa shape index (κ3) is 2.02. The summed E-state index contributed by atoms with van der Waals surface area (Å²) >= 11 is 0. The van der Waals surface area contributed by atoms with Crippen molar-refractivity contribution in [2.24, 2.45) is 5.41 Å². The van der Waals surface area contributed by atoms with E-state index in [0.717, 1.165) is 0 Å². The Morgan fingerprint density at radius 2 is 2.18 bits per heavy atom. The summed E-state index contributed by atoms with van der Waals surface area (Å²) in [5.74, 6) is 1.09. The summed E-state index contributed by atoms with van der Waals surface area (Å²) in [5.41, 5.74) is -0.457. The summed E-state index contributed by atoms with van der Waals surface area (Å²) < 4.78 is 11.2. The fraction of sp³-hybridized carbons (Fsp3) is 0.857. The highest BCUT2D eigenvalue weighted by molar-refractivity contribution is 7.85. The number of nitrogens with one attached hydrogen (secondary N) is 1. The van der Waals surface area contributed by atoms with E-state index in [9.17, 15) is 9.00 Å². The molecule has 1 unspecified atom stereocenters. The molecule has 1 rings (SSSR count). The molecule has 4 heteroatoms. The van der Waals surface area contributed by atoms with Gasteiger partial charge in [0.05, 0.1) is 5.41 Å². The number of hydrogen-bond donors (Lipinski definition) is 1. The van der Waals surface area contributed by atoms with Gasteiger partial charge in [-0.3, -0.25) is 9.00 Å². The quantitative estimate of drug-likeness (QED) is 0.558. The fourth-order valence-electron chi connectivity index (χ4n) is 1.06. The van der Waals surface area contributed by atoms with Gasteiger partial charge in [0.25, 0.3) is 0 Å². The summed E-state index contributed by atoms with van der Waals surface area (Å²) in [4.78, 5) is 11.2. The van der Waals surface area contributed by atoms with Crippen LogP contribution in [0.5, 0.6) is 0 Å². The zero-order valence-electron chi connectivity index (χ0n) is 6.85. The lowest BCUT2D eigenvalue weighted by Crippen LogP contribution is -2.37. The average Bonchev–Trinajstić information content (AvgIpc) is 1.93. The maximum atomic E-state index is 11.2. The molecule has 3 nitrogen and oxygen atoms in total. The Morgan fingerprint density at radius 1 is 1.55 bits per heavy atom. The van der Waals surface area contributed by atoms with E-state index in [1.54, 1.807) is 0 Å². The molecule has 11 heavy (non-hydrogen) atoms. The largest absolute Gasteiger partial charge is 0.355 e. The van der Waals surface area contributed by atoms with Crippen LogP contribution in [0.3, 0.4) is 0 Å². The average molecular weight is 175 g/mol. The van der Waals surface area contributed by atoms with Crippen LogP contribution in [0.25, 0.3) is 0 Å². The summed E-state index contributed by atoms with van der Waals surface area (Å²) in [7, 11) is -0.831. The number of rotatable bonds is 0. The van der Waals surface area contributed by atoms with Crippen molar-refractivity contribution in [2.75, 3.05) is 18.1 Å². The molecule has 0 saturated carbocycles. The van der Waals surface area contributed by atoms with Gasteiger partial charge in [-0.05, 0) is 0 Å². The molecule has 64 valence electrons. The van der Waals surface area contributed by atoms with E-state index in [0.29, 0.717) is 18.1 Å². The molecule has 0 aromatic rings. The van der Waals surface area contributed by atoms with Crippen molar-refractivity contribution in [3.63, 3.8) is 0 Å². The van der Waals surface area contributed by atoms with Gasteiger partial charge in [-0.1, -0.05) is 13.8 Å². The van der Waals surface area contributed by atoms with Gasteiger partial charge in [0.15, 0.2) is 0 Å². The van der Waals surface area contributed by atoms with E-state index in [4.69, 9.17) is 0 Å². The molecule has 0 bridgehead atoms. The van der Waals surface area contributed by atoms with Crippen molar-refractivity contribution >= 4 is 16.7 Å². The summed E-state index contributed by atoms with van der Waals surface area (Å²) in [5, 5.41) is 2.73. The molecule has 0 radical (unpaired) electrons. The predicted octanol–water partition coefficient (Wildman–Crippen LogP) is -0.109. The highest BCUT2D eigenvalue weighted by Crippen LogP contribution is 2.18. The Balaban J connectivity index is 2.76. The number of carbonyl (C=O) groups is 1. The highest BCUT2D eigenvalue weighted by Gasteiger charge is 2.31. The molecule has 1 heterocycles.